The van der Waals surface area contributed by atoms with Gasteiger partial charge in [0.2, 0.25) is 0 Å². The largest absolute Gasteiger partial charge is 0.497 e. The molecule has 1 aliphatic heterocycles. The van der Waals surface area contributed by atoms with Crippen molar-refractivity contribution >= 4 is 5.91 Å². The van der Waals surface area contributed by atoms with Gasteiger partial charge in [-0.1, -0.05) is 18.6 Å². The van der Waals surface area contributed by atoms with Gasteiger partial charge in [0.15, 0.2) is 6.10 Å². The number of aliphatic hydroxyl groups excluding tert-OH is 1. The Bertz CT molecular complexity index is 517. The molecule has 2 fully saturated rings. The lowest BCUT2D eigenvalue weighted by Crippen LogP contribution is -2.48. The van der Waals surface area contributed by atoms with E-state index in [9.17, 15) is 9.90 Å². The lowest BCUT2D eigenvalue weighted by Gasteiger charge is -2.38. The molecule has 0 spiro atoms. The standard InChI is InChI=1S/C17H23NO3/c1-21-14-8-2-6-13(11-14)16(19)17(20)18-10-4-7-12-5-3-9-15(12)18/h2,6,8,11-12,15-16,19H,3-5,7,9-10H2,1H3. The van der Waals surface area contributed by atoms with Crippen LogP contribution in [0.25, 0.3) is 0 Å². The van der Waals surface area contributed by atoms with E-state index >= 15 is 0 Å². The molecular weight excluding hydrogens is 266 g/mol. The Morgan fingerprint density at radius 1 is 1.33 bits per heavy atom. The van der Waals surface area contributed by atoms with Gasteiger partial charge in [0.1, 0.15) is 5.75 Å². The first-order chi connectivity index (χ1) is 10.2. The molecule has 1 aliphatic carbocycles. The SMILES string of the molecule is COc1cccc(C(O)C(=O)N2CCCC3CCCC32)c1. The van der Waals surface area contributed by atoms with Gasteiger partial charge in [-0.05, 0) is 49.3 Å². The summed E-state index contributed by atoms with van der Waals surface area (Å²) >= 11 is 0. The molecule has 1 aromatic rings. The number of carbonyl (C=O) groups is 1. The molecule has 1 N–H and O–H groups in total. The molecular formula is C17H23NO3. The van der Waals surface area contributed by atoms with E-state index in [1.807, 2.05) is 11.0 Å². The van der Waals surface area contributed by atoms with Crippen molar-refractivity contribution in [2.75, 3.05) is 13.7 Å². The van der Waals surface area contributed by atoms with Gasteiger partial charge in [-0.15, -0.1) is 0 Å². The van der Waals surface area contributed by atoms with E-state index in [1.165, 1.54) is 19.3 Å². The maximum absolute atomic E-state index is 12.7. The molecule has 21 heavy (non-hydrogen) atoms. The summed E-state index contributed by atoms with van der Waals surface area (Å²) in [7, 11) is 1.58. The number of aliphatic hydroxyl groups is 1. The van der Waals surface area contributed by atoms with Crippen LogP contribution in [0.2, 0.25) is 0 Å². The molecule has 114 valence electrons. The number of likely N-dealkylation sites (tertiary alicyclic amines) is 1. The van der Waals surface area contributed by atoms with E-state index < -0.39 is 6.10 Å². The third kappa shape index (κ3) is 2.77. The summed E-state index contributed by atoms with van der Waals surface area (Å²) in [6.45, 7) is 0.779. The van der Waals surface area contributed by atoms with E-state index in [4.69, 9.17) is 4.74 Å². The second-order valence-corrected chi connectivity index (χ2v) is 6.11. The Hall–Kier alpha value is -1.55. The number of fused-ring (bicyclic) bond motifs is 1. The number of rotatable bonds is 3. The highest BCUT2D eigenvalue weighted by Crippen LogP contribution is 2.38. The van der Waals surface area contributed by atoms with Crippen LogP contribution in [0, 0.1) is 5.92 Å². The van der Waals surface area contributed by atoms with E-state index in [2.05, 4.69) is 0 Å². The number of methoxy groups -OCH3 is 1. The summed E-state index contributed by atoms with van der Waals surface area (Å²) in [4.78, 5) is 14.6. The molecule has 0 bridgehead atoms. The summed E-state index contributed by atoms with van der Waals surface area (Å²) < 4.78 is 5.16. The zero-order valence-electron chi connectivity index (χ0n) is 12.5. The van der Waals surface area contributed by atoms with Gasteiger partial charge in [-0.3, -0.25) is 4.79 Å². The average molecular weight is 289 g/mol. The molecule has 1 saturated heterocycles. The number of ether oxygens (including phenoxy) is 1. The van der Waals surface area contributed by atoms with E-state index in [0.29, 0.717) is 23.3 Å². The highest BCUT2D eigenvalue weighted by atomic mass is 16.5. The average Bonchev–Trinajstić information content (AvgIpc) is 3.02. The van der Waals surface area contributed by atoms with Gasteiger partial charge in [0.25, 0.3) is 5.91 Å². The summed E-state index contributed by atoms with van der Waals surface area (Å²) in [5, 5.41) is 10.4. The number of piperidine rings is 1. The monoisotopic (exact) mass is 289 g/mol. The normalized spacial score (nSPS) is 26.3. The van der Waals surface area contributed by atoms with Crippen molar-refractivity contribution in [2.24, 2.45) is 5.92 Å². The molecule has 1 amide bonds. The Morgan fingerprint density at radius 3 is 2.95 bits per heavy atom. The fourth-order valence-electron chi connectivity index (χ4n) is 3.84. The summed E-state index contributed by atoms with van der Waals surface area (Å²) in [6.07, 6.45) is 4.71. The third-order valence-corrected chi connectivity index (χ3v) is 4.92. The lowest BCUT2D eigenvalue weighted by atomic mass is 9.91. The summed E-state index contributed by atoms with van der Waals surface area (Å²) in [5.41, 5.74) is 0.611. The van der Waals surface area contributed by atoms with E-state index in [0.717, 1.165) is 19.4 Å². The Kier molecular flexibility index (Phi) is 4.15. The van der Waals surface area contributed by atoms with Crippen molar-refractivity contribution in [3.63, 3.8) is 0 Å². The van der Waals surface area contributed by atoms with Gasteiger partial charge in [-0.25, -0.2) is 0 Å². The number of hydrogen-bond acceptors (Lipinski definition) is 3. The number of amides is 1. The second-order valence-electron chi connectivity index (χ2n) is 6.11. The molecule has 0 aromatic heterocycles. The van der Waals surface area contributed by atoms with Crippen molar-refractivity contribution in [1.29, 1.82) is 0 Å². The Balaban J connectivity index is 1.77. The van der Waals surface area contributed by atoms with Gasteiger partial charge >= 0.3 is 0 Å². The zero-order chi connectivity index (χ0) is 14.8. The van der Waals surface area contributed by atoms with Crippen molar-refractivity contribution in [3.05, 3.63) is 29.8 Å². The fourth-order valence-corrected chi connectivity index (χ4v) is 3.84. The van der Waals surface area contributed by atoms with Crippen LogP contribution in [0.1, 0.15) is 43.8 Å². The van der Waals surface area contributed by atoms with Gasteiger partial charge in [-0.2, -0.15) is 0 Å². The number of benzene rings is 1. The molecule has 3 rings (SSSR count). The quantitative estimate of drug-likeness (QED) is 0.930. The minimum absolute atomic E-state index is 0.153. The summed E-state index contributed by atoms with van der Waals surface area (Å²) in [5.74, 6) is 1.15. The highest BCUT2D eigenvalue weighted by Gasteiger charge is 2.39. The molecule has 4 heteroatoms. The van der Waals surface area contributed by atoms with Crippen LogP contribution in [0.15, 0.2) is 24.3 Å². The molecule has 4 nitrogen and oxygen atoms in total. The van der Waals surface area contributed by atoms with Crippen LogP contribution in [0.3, 0.4) is 0 Å². The minimum atomic E-state index is -1.08. The summed E-state index contributed by atoms with van der Waals surface area (Å²) in [6, 6.07) is 7.47. The number of hydrogen-bond donors (Lipinski definition) is 1. The first kappa shape index (κ1) is 14.4. The van der Waals surface area contributed by atoms with E-state index in [1.54, 1.807) is 25.3 Å². The van der Waals surface area contributed by atoms with Crippen LogP contribution in [-0.4, -0.2) is 35.6 Å². The molecule has 1 heterocycles. The Labute approximate surface area is 125 Å². The third-order valence-electron chi connectivity index (χ3n) is 4.92. The maximum atomic E-state index is 12.7. The van der Waals surface area contributed by atoms with Crippen molar-refractivity contribution < 1.29 is 14.6 Å². The Morgan fingerprint density at radius 2 is 2.14 bits per heavy atom. The highest BCUT2D eigenvalue weighted by molar-refractivity contribution is 5.82. The van der Waals surface area contributed by atoms with Crippen molar-refractivity contribution in [3.8, 4) is 5.75 Å². The maximum Gasteiger partial charge on any atom is 0.256 e. The van der Waals surface area contributed by atoms with Gasteiger partial charge in [0.05, 0.1) is 7.11 Å². The number of carbonyl (C=O) groups excluding carboxylic acids is 1. The lowest BCUT2D eigenvalue weighted by molar-refractivity contribution is -0.145. The van der Waals surface area contributed by atoms with E-state index in [-0.39, 0.29) is 5.91 Å². The van der Waals surface area contributed by atoms with Crippen LogP contribution < -0.4 is 4.74 Å². The number of nitrogens with zero attached hydrogens (tertiary/aromatic N) is 1. The minimum Gasteiger partial charge on any atom is -0.497 e. The van der Waals surface area contributed by atoms with Gasteiger partial charge < -0.3 is 14.7 Å². The molecule has 1 aromatic carbocycles. The van der Waals surface area contributed by atoms with Crippen LogP contribution >= 0.6 is 0 Å². The second kappa shape index (κ2) is 6.06. The zero-order valence-corrected chi connectivity index (χ0v) is 12.5. The van der Waals surface area contributed by atoms with Crippen molar-refractivity contribution in [1.82, 2.24) is 4.90 Å². The molecule has 0 radical (unpaired) electrons. The van der Waals surface area contributed by atoms with Gasteiger partial charge in [0, 0.05) is 12.6 Å². The predicted octanol–water partition coefficient (Wildman–Crippen LogP) is 2.52. The first-order valence-corrected chi connectivity index (χ1v) is 7.83. The predicted molar refractivity (Wildman–Crippen MR) is 80.0 cm³/mol. The van der Waals surface area contributed by atoms with Crippen LogP contribution in [0.4, 0.5) is 0 Å². The smallest absolute Gasteiger partial charge is 0.256 e. The van der Waals surface area contributed by atoms with Crippen LogP contribution in [-0.2, 0) is 4.79 Å². The molecule has 3 unspecified atom stereocenters. The van der Waals surface area contributed by atoms with Crippen molar-refractivity contribution in [2.45, 2.75) is 44.2 Å². The first-order valence-electron chi connectivity index (χ1n) is 7.83. The van der Waals surface area contributed by atoms with Crippen LogP contribution in [0.5, 0.6) is 5.75 Å². The molecule has 1 saturated carbocycles. The topological polar surface area (TPSA) is 49.8 Å². The molecule has 3 atom stereocenters. The molecule has 2 aliphatic rings. The fraction of sp³-hybridized carbons (Fsp3) is 0.588.